The van der Waals surface area contributed by atoms with E-state index >= 15 is 0 Å². The number of aromatic nitrogens is 3. The van der Waals surface area contributed by atoms with Gasteiger partial charge in [-0.25, -0.2) is 37.1 Å². The normalized spacial score (nSPS) is 18.2. The molecule has 0 spiro atoms. The Kier molecular flexibility index (Phi) is 4.86. The number of hydrogen-bond donors (Lipinski definition) is 2. The van der Waals surface area contributed by atoms with Gasteiger partial charge in [0.1, 0.15) is 23.4 Å². The Morgan fingerprint density at radius 1 is 1.27 bits per heavy atom. The van der Waals surface area contributed by atoms with Gasteiger partial charge in [-0.3, -0.25) is 0 Å². The first kappa shape index (κ1) is 19.8. The van der Waals surface area contributed by atoms with Crippen LogP contribution in [0, 0.1) is 5.82 Å². The molecule has 1 aromatic carbocycles. The van der Waals surface area contributed by atoms with E-state index in [0.29, 0.717) is 28.3 Å². The molecule has 0 radical (unpaired) electrons. The van der Waals surface area contributed by atoms with Crippen LogP contribution < -0.4 is 15.8 Å². The van der Waals surface area contributed by atoms with Gasteiger partial charge in [0.15, 0.2) is 5.82 Å². The van der Waals surface area contributed by atoms with Crippen molar-refractivity contribution < 1.29 is 17.5 Å². The van der Waals surface area contributed by atoms with Crippen LogP contribution in [0.5, 0.6) is 5.75 Å². The number of sulfonamides is 1. The van der Waals surface area contributed by atoms with Crippen LogP contribution in [-0.2, 0) is 10.0 Å². The van der Waals surface area contributed by atoms with Crippen LogP contribution in [0.3, 0.4) is 0 Å². The minimum Gasteiger partial charge on any atom is -0.495 e. The van der Waals surface area contributed by atoms with Crippen molar-refractivity contribution >= 4 is 38.5 Å². The van der Waals surface area contributed by atoms with Gasteiger partial charge in [-0.05, 0) is 18.2 Å². The van der Waals surface area contributed by atoms with E-state index in [4.69, 9.17) is 10.5 Å². The summed E-state index contributed by atoms with van der Waals surface area (Å²) in [6, 6.07) is 4.97. The van der Waals surface area contributed by atoms with Crippen LogP contribution in [-0.4, -0.2) is 53.5 Å². The number of pyridine rings is 1. The van der Waals surface area contributed by atoms with Crippen molar-refractivity contribution in [2.75, 3.05) is 25.2 Å². The maximum absolute atomic E-state index is 14.5. The summed E-state index contributed by atoms with van der Waals surface area (Å²) in [7, 11) is -0.848. The van der Waals surface area contributed by atoms with Crippen molar-refractivity contribution in [3.05, 3.63) is 48.2 Å². The molecule has 1 aliphatic rings. The zero-order valence-electron chi connectivity index (χ0n) is 16.1. The van der Waals surface area contributed by atoms with Crippen LogP contribution in [0.15, 0.2) is 41.8 Å². The first-order chi connectivity index (χ1) is 14.3. The standard InChI is InChI=1S/C18H18FN7O3S/c1-26-18(20)25-15(8-30(26,27)28)12-5-10(3-4-13(12)19)24-17-16-14(22-9-23-17)6-11(29-2)7-21-16/h3-7,9,15H,8H2,1-2H3,(H2,20,25)(H,22,23,24). The Morgan fingerprint density at radius 3 is 2.80 bits per heavy atom. The lowest BCUT2D eigenvalue weighted by Crippen LogP contribution is -2.45. The quantitative estimate of drug-likeness (QED) is 0.635. The first-order valence-electron chi connectivity index (χ1n) is 8.79. The first-order valence-corrected chi connectivity index (χ1v) is 10.4. The highest BCUT2D eigenvalue weighted by molar-refractivity contribution is 7.89. The van der Waals surface area contributed by atoms with Gasteiger partial charge in [0.2, 0.25) is 16.0 Å². The molecule has 0 saturated heterocycles. The van der Waals surface area contributed by atoms with Crippen LogP contribution in [0.25, 0.3) is 11.0 Å². The average Bonchev–Trinajstić information content (AvgIpc) is 2.72. The number of methoxy groups -OCH3 is 1. The number of rotatable bonds is 4. The summed E-state index contributed by atoms with van der Waals surface area (Å²) >= 11 is 0. The lowest BCUT2D eigenvalue weighted by Gasteiger charge is -2.27. The van der Waals surface area contributed by atoms with Crippen molar-refractivity contribution in [3.63, 3.8) is 0 Å². The number of ether oxygens (including phenoxy) is 1. The molecule has 12 heteroatoms. The molecule has 1 unspecified atom stereocenters. The van der Waals surface area contributed by atoms with Crippen molar-refractivity contribution in [2.24, 2.45) is 10.7 Å². The fraction of sp³-hybridized carbons (Fsp3) is 0.222. The van der Waals surface area contributed by atoms with Gasteiger partial charge in [0.05, 0.1) is 30.6 Å². The van der Waals surface area contributed by atoms with Gasteiger partial charge < -0.3 is 15.8 Å². The van der Waals surface area contributed by atoms with Gasteiger partial charge in [-0.2, -0.15) is 0 Å². The second kappa shape index (κ2) is 7.37. The molecule has 0 bridgehead atoms. The zero-order chi connectivity index (χ0) is 21.5. The number of nitrogens with one attached hydrogen (secondary N) is 1. The largest absolute Gasteiger partial charge is 0.495 e. The number of guanidine groups is 1. The van der Waals surface area contributed by atoms with Crippen molar-refractivity contribution in [1.29, 1.82) is 0 Å². The maximum Gasteiger partial charge on any atom is 0.239 e. The molecule has 3 heterocycles. The predicted molar refractivity (Wildman–Crippen MR) is 109 cm³/mol. The van der Waals surface area contributed by atoms with E-state index in [1.54, 1.807) is 6.07 Å². The second-order valence-corrected chi connectivity index (χ2v) is 8.62. The molecule has 0 fully saturated rings. The number of nitrogens with zero attached hydrogens (tertiary/aromatic N) is 5. The van der Waals surface area contributed by atoms with Crippen LogP contribution in [0.4, 0.5) is 15.9 Å². The maximum atomic E-state index is 14.5. The summed E-state index contributed by atoms with van der Waals surface area (Å²) in [6.45, 7) is 0. The smallest absolute Gasteiger partial charge is 0.239 e. The Balaban J connectivity index is 1.71. The average molecular weight is 431 g/mol. The van der Waals surface area contributed by atoms with Crippen molar-refractivity contribution in [1.82, 2.24) is 19.3 Å². The Bertz CT molecular complexity index is 1270. The number of hydrogen-bond acceptors (Lipinski definition) is 9. The van der Waals surface area contributed by atoms with Gasteiger partial charge in [-0.15, -0.1) is 0 Å². The summed E-state index contributed by atoms with van der Waals surface area (Å²) < 4.78 is 45.0. The highest BCUT2D eigenvalue weighted by Gasteiger charge is 2.32. The molecule has 0 amide bonds. The lowest BCUT2D eigenvalue weighted by atomic mass is 10.1. The number of halogens is 1. The molecule has 156 valence electrons. The van der Waals surface area contributed by atoms with Crippen LogP contribution in [0.2, 0.25) is 0 Å². The predicted octanol–water partition coefficient (Wildman–Crippen LogP) is 1.55. The highest BCUT2D eigenvalue weighted by Crippen LogP contribution is 2.30. The molecule has 10 nitrogen and oxygen atoms in total. The topological polar surface area (TPSA) is 136 Å². The van der Waals surface area contributed by atoms with Crippen LogP contribution in [0.1, 0.15) is 11.6 Å². The number of aliphatic imine (C=N–C) groups is 1. The molecular formula is C18H18FN7O3S. The highest BCUT2D eigenvalue weighted by atomic mass is 32.2. The molecule has 1 aliphatic heterocycles. The van der Waals surface area contributed by atoms with Crippen molar-refractivity contribution in [3.8, 4) is 5.75 Å². The minimum absolute atomic E-state index is 0.104. The number of anilines is 2. The van der Waals surface area contributed by atoms with Crippen LogP contribution >= 0.6 is 0 Å². The van der Waals surface area contributed by atoms with Crippen molar-refractivity contribution in [2.45, 2.75) is 6.04 Å². The molecule has 3 aromatic rings. The van der Waals surface area contributed by atoms with E-state index in [0.717, 1.165) is 4.31 Å². The summed E-state index contributed by atoms with van der Waals surface area (Å²) in [5.41, 5.74) is 7.34. The molecule has 0 saturated carbocycles. The third-order valence-corrected chi connectivity index (χ3v) is 6.46. The van der Waals surface area contributed by atoms with E-state index in [9.17, 15) is 12.8 Å². The molecule has 1 atom stereocenters. The molecular weight excluding hydrogens is 413 g/mol. The van der Waals surface area contributed by atoms with Gasteiger partial charge >= 0.3 is 0 Å². The Labute approximate surface area is 171 Å². The van der Waals surface area contributed by atoms with E-state index in [1.165, 1.54) is 44.9 Å². The van der Waals surface area contributed by atoms with E-state index in [2.05, 4.69) is 25.3 Å². The third kappa shape index (κ3) is 3.56. The molecule has 3 N–H and O–H groups in total. The number of benzene rings is 1. The molecule has 4 rings (SSSR count). The third-order valence-electron chi connectivity index (χ3n) is 4.70. The zero-order valence-corrected chi connectivity index (χ0v) is 16.9. The summed E-state index contributed by atoms with van der Waals surface area (Å²) in [5, 5.41) is 3.07. The fourth-order valence-corrected chi connectivity index (χ4v) is 4.24. The minimum atomic E-state index is -3.68. The molecule has 30 heavy (non-hydrogen) atoms. The molecule has 0 aliphatic carbocycles. The summed E-state index contributed by atoms with van der Waals surface area (Å²) in [4.78, 5) is 16.8. The molecule has 2 aromatic heterocycles. The fourth-order valence-electron chi connectivity index (χ4n) is 3.03. The number of nitrogens with two attached hydrogens (primary N) is 1. The Hall–Kier alpha value is -3.54. The van der Waals surface area contributed by atoms with Gasteiger partial charge in [-0.1, -0.05) is 0 Å². The lowest BCUT2D eigenvalue weighted by molar-refractivity contribution is 0.413. The Morgan fingerprint density at radius 2 is 2.07 bits per heavy atom. The van der Waals surface area contributed by atoms with E-state index in [-0.39, 0.29) is 17.3 Å². The second-order valence-electron chi connectivity index (χ2n) is 6.58. The van der Waals surface area contributed by atoms with Gasteiger partial charge in [0, 0.05) is 24.4 Å². The van der Waals surface area contributed by atoms with E-state index < -0.39 is 21.9 Å². The number of fused-ring (bicyclic) bond motifs is 1. The summed E-state index contributed by atoms with van der Waals surface area (Å²) in [5.74, 6) is -0.210. The van der Waals surface area contributed by atoms with E-state index in [1.807, 2.05) is 0 Å². The van der Waals surface area contributed by atoms with Gasteiger partial charge in [0.25, 0.3) is 0 Å². The summed E-state index contributed by atoms with van der Waals surface area (Å²) in [6.07, 6.45) is 2.90. The SMILES string of the molecule is COc1cnc2c(Nc3ccc(F)c(C4CS(=O)(=O)N(C)C(N)=N4)c3)ncnc2c1. The monoisotopic (exact) mass is 431 g/mol.